The van der Waals surface area contributed by atoms with E-state index < -0.39 is 26.7 Å². The molecule has 0 radical (unpaired) electrons. The van der Waals surface area contributed by atoms with Gasteiger partial charge in [-0.2, -0.15) is 0 Å². The molecule has 0 amide bonds. The van der Waals surface area contributed by atoms with Crippen LogP contribution in [0.1, 0.15) is 24.8 Å². The molecule has 0 spiro atoms. The third kappa shape index (κ3) is 3.51. The van der Waals surface area contributed by atoms with Crippen LogP contribution in [-0.2, 0) is 16.4 Å². The first kappa shape index (κ1) is 14.4. The lowest BCUT2D eigenvalue weighted by molar-refractivity contribution is 0.494. The van der Waals surface area contributed by atoms with Crippen molar-refractivity contribution in [2.45, 2.75) is 37.1 Å². The van der Waals surface area contributed by atoms with Crippen LogP contribution in [-0.4, -0.2) is 26.0 Å². The zero-order valence-electron chi connectivity index (χ0n) is 10.7. The van der Waals surface area contributed by atoms with Crippen molar-refractivity contribution in [2.24, 2.45) is 0 Å². The predicted octanol–water partition coefficient (Wildman–Crippen LogP) is 2.02. The van der Waals surface area contributed by atoms with E-state index in [0.717, 1.165) is 18.9 Å². The lowest BCUT2D eigenvalue weighted by Gasteiger charge is -2.19. The van der Waals surface area contributed by atoms with Gasteiger partial charge in [-0.3, -0.25) is 0 Å². The fraction of sp³-hybridized carbons (Fsp3) is 0.538. The monoisotopic (exact) mass is 289 g/mol. The quantitative estimate of drug-likeness (QED) is 0.922. The number of hydrogen-bond acceptors (Lipinski definition) is 3. The molecule has 0 aromatic heterocycles. The van der Waals surface area contributed by atoms with Crippen LogP contribution in [0.5, 0.6) is 0 Å². The number of hydrogen-bond donors (Lipinski definition) is 1. The highest BCUT2D eigenvalue weighted by Crippen LogP contribution is 2.25. The van der Waals surface area contributed by atoms with Crippen molar-refractivity contribution in [3.05, 3.63) is 35.4 Å². The number of rotatable bonds is 4. The lowest BCUT2D eigenvalue weighted by atomic mass is 10.2. The van der Waals surface area contributed by atoms with Crippen LogP contribution in [0.3, 0.4) is 0 Å². The zero-order valence-corrected chi connectivity index (χ0v) is 11.5. The third-order valence-corrected chi connectivity index (χ3v) is 5.24. The van der Waals surface area contributed by atoms with Gasteiger partial charge in [-0.05, 0) is 18.9 Å². The Balaban J connectivity index is 2.02. The summed E-state index contributed by atoms with van der Waals surface area (Å²) in [6.07, 6.45) is 3.49. The van der Waals surface area contributed by atoms with Crippen LogP contribution in [0, 0.1) is 11.6 Å². The summed E-state index contributed by atoms with van der Waals surface area (Å²) in [5.41, 5.74) is 0.348. The summed E-state index contributed by atoms with van der Waals surface area (Å²) >= 11 is 0. The molecule has 3 nitrogen and oxygen atoms in total. The zero-order chi connectivity index (χ0) is 14.0. The topological polar surface area (TPSA) is 46.2 Å². The van der Waals surface area contributed by atoms with Crippen LogP contribution in [0.25, 0.3) is 0 Å². The van der Waals surface area contributed by atoms with Crippen molar-refractivity contribution < 1.29 is 17.2 Å². The molecular weight excluding hydrogens is 272 g/mol. The summed E-state index contributed by atoms with van der Waals surface area (Å²) in [4.78, 5) is 0. The largest absolute Gasteiger partial charge is 0.309 e. The number of sulfone groups is 1. The Hall–Kier alpha value is -1.01. The highest BCUT2D eigenvalue weighted by molar-refractivity contribution is 7.91. The molecule has 0 heterocycles. The molecule has 1 aliphatic rings. The molecule has 0 aliphatic heterocycles. The Kier molecular flexibility index (Phi) is 4.20. The summed E-state index contributed by atoms with van der Waals surface area (Å²) in [7, 11) is -3.09. The Morgan fingerprint density at radius 2 is 2.05 bits per heavy atom. The van der Waals surface area contributed by atoms with Crippen LogP contribution in [0.15, 0.2) is 18.2 Å². The SMILES string of the molecule is CS(=O)(=O)C1CCCC1NCc1ccc(F)cc1F. The van der Waals surface area contributed by atoms with Crippen LogP contribution in [0.4, 0.5) is 8.78 Å². The number of benzene rings is 1. The summed E-state index contributed by atoms with van der Waals surface area (Å²) < 4.78 is 49.4. The summed E-state index contributed by atoms with van der Waals surface area (Å²) in [6, 6.07) is 3.25. The van der Waals surface area contributed by atoms with Crippen LogP contribution < -0.4 is 5.32 Å². The average molecular weight is 289 g/mol. The van der Waals surface area contributed by atoms with Gasteiger partial charge in [-0.25, -0.2) is 17.2 Å². The van der Waals surface area contributed by atoms with Gasteiger partial charge in [-0.15, -0.1) is 0 Å². The van der Waals surface area contributed by atoms with Gasteiger partial charge in [-0.1, -0.05) is 12.5 Å². The molecule has 1 fully saturated rings. The number of halogens is 2. The Bertz CT molecular complexity index is 560. The fourth-order valence-electron chi connectivity index (χ4n) is 2.58. The van der Waals surface area contributed by atoms with Crippen molar-refractivity contribution in [3.63, 3.8) is 0 Å². The molecule has 6 heteroatoms. The van der Waals surface area contributed by atoms with E-state index in [2.05, 4.69) is 5.32 Å². The highest BCUT2D eigenvalue weighted by atomic mass is 32.2. The minimum absolute atomic E-state index is 0.153. The molecule has 0 saturated heterocycles. The Labute approximate surface area is 111 Å². The van der Waals surface area contributed by atoms with E-state index >= 15 is 0 Å². The molecule has 2 rings (SSSR count). The van der Waals surface area contributed by atoms with Crippen molar-refractivity contribution in [2.75, 3.05) is 6.26 Å². The maximum atomic E-state index is 13.5. The van der Waals surface area contributed by atoms with E-state index in [1.807, 2.05) is 0 Å². The van der Waals surface area contributed by atoms with E-state index in [9.17, 15) is 17.2 Å². The molecule has 0 bridgehead atoms. The molecule has 106 valence electrons. The van der Waals surface area contributed by atoms with Crippen molar-refractivity contribution >= 4 is 9.84 Å². The predicted molar refractivity (Wildman–Crippen MR) is 69.5 cm³/mol. The maximum Gasteiger partial charge on any atom is 0.151 e. The van der Waals surface area contributed by atoms with Crippen LogP contribution >= 0.6 is 0 Å². The van der Waals surface area contributed by atoms with Gasteiger partial charge in [0, 0.05) is 30.5 Å². The molecule has 1 saturated carbocycles. The van der Waals surface area contributed by atoms with Gasteiger partial charge in [0.15, 0.2) is 9.84 Å². The van der Waals surface area contributed by atoms with E-state index in [4.69, 9.17) is 0 Å². The van der Waals surface area contributed by atoms with Gasteiger partial charge in [0.2, 0.25) is 0 Å². The number of nitrogens with one attached hydrogen (secondary N) is 1. The molecular formula is C13H17F2NO2S. The third-order valence-electron chi connectivity index (χ3n) is 3.57. The van der Waals surface area contributed by atoms with E-state index in [1.54, 1.807) is 0 Å². The molecule has 1 aromatic carbocycles. The second-order valence-electron chi connectivity index (χ2n) is 5.02. The maximum absolute atomic E-state index is 13.5. The average Bonchev–Trinajstić information content (AvgIpc) is 2.75. The Morgan fingerprint density at radius 3 is 2.68 bits per heavy atom. The van der Waals surface area contributed by atoms with Crippen molar-refractivity contribution in [1.82, 2.24) is 5.32 Å². The first-order chi connectivity index (χ1) is 8.88. The molecule has 1 aliphatic carbocycles. The smallest absolute Gasteiger partial charge is 0.151 e. The van der Waals surface area contributed by atoms with Gasteiger partial charge in [0.05, 0.1) is 5.25 Å². The van der Waals surface area contributed by atoms with E-state index in [0.29, 0.717) is 12.0 Å². The normalized spacial score (nSPS) is 23.7. The van der Waals surface area contributed by atoms with Crippen LogP contribution in [0.2, 0.25) is 0 Å². The minimum atomic E-state index is -3.09. The van der Waals surface area contributed by atoms with E-state index in [1.165, 1.54) is 18.4 Å². The summed E-state index contributed by atoms with van der Waals surface area (Å²) in [6.45, 7) is 0.211. The van der Waals surface area contributed by atoms with Gasteiger partial charge in [0.25, 0.3) is 0 Å². The molecule has 2 unspecified atom stereocenters. The first-order valence-electron chi connectivity index (χ1n) is 6.24. The van der Waals surface area contributed by atoms with Crippen molar-refractivity contribution in [1.29, 1.82) is 0 Å². The molecule has 1 N–H and O–H groups in total. The summed E-state index contributed by atoms with van der Waals surface area (Å²) in [5, 5.41) is 2.67. The highest BCUT2D eigenvalue weighted by Gasteiger charge is 2.34. The van der Waals surface area contributed by atoms with Gasteiger partial charge < -0.3 is 5.32 Å². The second-order valence-corrected chi connectivity index (χ2v) is 7.29. The van der Waals surface area contributed by atoms with Gasteiger partial charge >= 0.3 is 0 Å². The fourth-order valence-corrected chi connectivity index (χ4v) is 4.00. The standard InChI is InChI=1S/C13H17F2NO2S/c1-19(17,18)13-4-2-3-12(13)16-8-9-5-6-10(14)7-11(9)15/h5-7,12-13,16H,2-4,8H2,1H3. The first-order valence-corrected chi connectivity index (χ1v) is 8.19. The summed E-state index contributed by atoms with van der Waals surface area (Å²) in [5.74, 6) is -1.22. The second kappa shape index (κ2) is 5.54. The molecule has 19 heavy (non-hydrogen) atoms. The molecule has 1 aromatic rings. The molecule has 2 atom stereocenters. The minimum Gasteiger partial charge on any atom is -0.309 e. The van der Waals surface area contributed by atoms with Gasteiger partial charge in [0.1, 0.15) is 11.6 Å². The Morgan fingerprint density at radius 1 is 1.32 bits per heavy atom. The lowest BCUT2D eigenvalue weighted by Crippen LogP contribution is -2.39. The van der Waals surface area contributed by atoms with Crippen molar-refractivity contribution in [3.8, 4) is 0 Å². The van der Waals surface area contributed by atoms with E-state index in [-0.39, 0.29) is 12.6 Å².